The molecule has 2 aliphatic rings. The smallest absolute Gasteiger partial charge is 0.0541 e. The largest absolute Gasteiger partial charge is 0.309 e. The van der Waals surface area contributed by atoms with Crippen LogP contribution in [0.1, 0.15) is 11.5 Å². The lowest BCUT2D eigenvalue weighted by atomic mass is 9.74. The number of allylic oxidation sites excluding steroid dienone is 4. The topological polar surface area (TPSA) is 9.86 Å². The third-order valence-electron chi connectivity index (χ3n) is 12.3. The molecule has 0 aliphatic heterocycles. The highest BCUT2D eigenvalue weighted by Gasteiger charge is 2.28. The summed E-state index contributed by atoms with van der Waals surface area (Å²) in [6.45, 7) is 0. The van der Waals surface area contributed by atoms with Gasteiger partial charge in [-0.15, -0.1) is 0 Å². The maximum atomic E-state index is 2.53. The van der Waals surface area contributed by atoms with Crippen LogP contribution in [0, 0.1) is 5.92 Å². The predicted molar refractivity (Wildman–Crippen MR) is 236 cm³/mol. The van der Waals surface area contributed by atoms with Crippen molar-refractivity contribution in [3.8, 4) is 22.5 Å². The molecule has 2 heteroatoms. The number of fused-ring (bicyclic) bond motifs is 10. The van der Waals surface area contributed by atoms with E-state index in [-0.39, 0.29) is 11.8 Å². The molecule has 2 nitrogen and oxygen atoms in total. The van der Waals surface area contributed by atoms with Crippen molar-refractivity contribution in [2.45, 2.75) is 5.92 Å². The van der Waals surface area contributed by atoms with Crippen molar-refractivity contribution >= 4 is 66.0 Å². The van der Waals surface area contributed by atoms with Gasteiger partial charge in [-0.05, 0) is 98.1 Å². The molecule has 2 heterocycles. The Bertz CT molecular complexity index is 3300. The predicted octanol–water partition coefficient (Wildman–Crippen LogP) is 12.2. The molecule has 2 aliphatic carbocycles. The van der Waals surface area contributed by atoms with Gasteiger partial charge >= 0.3 is 0 Å². The average Bonchev–Trinajstić information content (AvgIpc) is 3.79. The lowest BCUT2D eigenvalue weighted by Gasteiger charge is -2.30. The van der Waals surface area contributed by atoms with Crippen molar-refractivity contribution in [3.63, 3.8) is 0 Å². The molecule has 0 N–H and O–H groups in total. The molecule has 2 unspecified atom stereocenters. The summed E-state index contributed by atoms with van der Waals surface area (Å²) < 4.78 is 4.80. The number of hydrogen-bond acceptors (Lipinski definition) is 0. The van der Waals surface area contributed by atoms with Crippen LogP contribution >= 0.6 is 0 Å². The van der Waals surface area contributed by atoms with Gasteiger partial charge in [-0.2, -0.15) is 0 Å². The first kappa shape index (κ1) is 31.2. The van der Waals surface area contributed by atoms with Crippen molar-refractivity contribution in [2.24, 2.45) is 5.92 Å². The minimum atomic E-state index is 0.206. The van der Waals surface area contributed by atoms with Crippen molar-refractivity contribution in [3.05, 3.63) is 216 Å². The normalized spacial score (nSPS) is 16.2. The maximum absolute atomic E-state index is 2.53. The van der Waals surface area contributed by atoms with E-state index < -0.39 is 0 Å². The number of benzene rings is 8. The Morgan fingerprint density at radius 1 is 0.393 bits per heavy atom. The van der Waals surface area contributed by atoms with Crippen molar-refractivity contribution in [2.75, 3.05) is 0 Å². The van der Waals surface area contributed by atoms with E-state index in [1.807, 2.05) is 0 Å². The number of rotatable bonds is 4. The summed E-state index contributed by atoms with van der Waals surface area (Å²) in [6.07, 6.45) is 11.7. The quantitative estimate of drug-likeness (QED) is 0.172. The van der Waals surface area contributed by atoms with E-state index in [0.29, 0.717) is 0 Å². The standard InChI is InChI=1S/C54H36N2/c1-3-19-46-40(13-1)48(35-25-29-38(30-26-35)55-50-21-9-5-15-42(50)43-16-6-10-22-51(43)55)33-37-34-49(41-14-2-4-20-47(41)54(37)46)36-27-31-39(32-28-36)56-52-23-11-7-17-44(52)45-18-8-12-24-53(45)56/h1-34,40,48H. The molecule has 8 aromatic carbocycles. The fraction of sp³-hybridized carbons (Fsp3) is 0.0370. The van der Waals surface area contributed by atoms with Crippen LogP contribution in [-0.2, 0) is 0 Å². The summed E-state index contributed by atoms with van der Waals surface area (Å²) in [7, 11) is 0. The zero-order valence-corrected chi connectivity index (χ0v) is 30.7. The van der Waals surface area contributed by atoms with E-state index in [1.165, 1.54) is 98.5 Å². The first-order chi connectivity index (χ1) is 27.8. The Labute approximate surface area is 324 Å². The Morgan fingerprint density at radius 3 is 1.39 bits per heavy atom. The van der Waals surface area contributed by atoms with Gasteiger partial charge in [0.05, 0.1) is 22.1 Å². The van der Waals surface area contributed by atoms with Gasteiger partial charge in [-0.1, -0.05) is 152 Å². The first-order valence-electron chi connectivity index (χ1n) is 19.6. The minimum Gasteiger partial charge on any atom is -0.309 e. The van der Waals surface area contributed by atoms with Gasteiger partial charge in [0.15, 0.2) is 0 Å². The van der Waals surface area contributed by atoms with Crippen LogP contribution in [-0.4, -0.2) is 9.13 Å². The van der Waals surface area contributed by atoms with Crippen molar-refractivity contribution in [1.82, 2.24) is 9.13 Å². The third kappa shape index (κ3) is 4.56. The second-order valence-electron chi connectivity index (χ2n) is 15.2. The van der Waals surface area contributed by atoms with Crippen LogP contribution in [0.15, 0.2) is 200 Å². The summed E-state index contributed by atoms with van der Waals surface area (Å²) in [6, 6.07) is 64.8. The zero-order valence-electron chi connectivity index (χ0n) is 30.7. The highest BCUT2D eigenvalue weighted by Crippen LogP contribution is 2.40. The molecule has 0 spiro atoms. The minimum absolute atomic E-state index is 0.206. The van der Waals surface area contributed by atoms with Gasteiger partial charge in [0, 0.05) is 44.8 Å². The van der Waals surface area contributed by atoms with Gasteiger partial charge in [0.25, 0.3) is 0 Å². The van der Waals surface area contributed by atoms with Gasteiger partial charge in [-0.25, -0.2) is 0 Å². The molecule has 56 heavy (non-hydrogen) atoms. The molecular formula is C54H36N2. The number of para-hydroxylation sites is 4. The summed E-state index contributed by atoms with van der Waals surface area (Å²) in [5, 5.41) is 10.4. The molecule has 12 rings (SSSR count). The van der Waals surface area contributed by atoms with E-state index >= 15 is 0 Å². The van der Waals surface area contributed by atoms with Crippen molar-refractivity contribution in [1.29, 1.82) is 0 Å². The van der Waals surface area contributed by atoms with Gasteiger partial charge in [0.2, 0.25) is 0 Å². The molecule has 2 atom stereocenters. The fourth-order valence-corrected chi connectivity index (χ4v) is 9.85. The monoisotopic (exact) mass is 712 g/mol. The summed E-state index contributed by atoms with van der Waals surface area (Å²) in [5.74, 6) is 0.462. The lowest BCUT2D eigenvalue weighted by Crippen LogP contribution is -2.36. The second kappa shape index (κ2) is 12.2. The third-order valence-corrected chi connectivity index (χ3v) is 12.3. The van der Waals surface area contributed by atoms with E-state index in [2.05, 4.69) is 215 Å². The molecule has 0 radical (unpaired) electrons. The van der Waals surface area contributed by atoms with Crippen molar-refractivity contribution < 1.29 is 0 Å². The SMILES string of the molecule is C1=CC2=c3c(cc(-c4ccc(-n5c6ccccc6c6ccccc65)cc4)c4ccccc34)=CC(c3ccc(-n4c5ccccc5c5ccccc54)cc3)C2C=C1. The van der Waals surface area contributed by atoms with E-state index in [0.717, 1.165) is 0 Å². The van der Waals surface area contributed by atoms with E-state index in [1.54, 1.807) is 0 Å². The highest BCUT2D eigenvalue weighted by molar-refractivity contribution is 6.10. The molecule has 0 amide bonds. The molecule has 0 saturated carbocycles. The van der Waals surface area contributed by atoms with Crippen LogP contribution in [0.4, 0.5) is 0 Å². The van der Waals surface area contributed by atoms with E-state index in [9.17, 15) is 0 Å². The van der Waals surface area contributed by atoms with Crippen LogP contribution in [0.3, 0.4) is 0 Å². The Kier molecular flexibility index (Phi) is 6.79. The molecular weight excluding hydrogens is 677 g/mol. The number of aromatic nitrogens is 2. The summed E-state index contributed by atoms with van der Waals surface area (Å²) in [4.78, 5) is 0. The van der Waals surface area contributed by atoms with Gasteiger partial charge in [0.1, 0.15) is 0 Å². The van der Waals surface area contributed by atoms with Crippen LogP contribution < -0.4 is 10.4 Å². The van der Waals surface area contributed by atoms with Crippen LogP contribution in [0.25, 0.3) is 88.5 Å². The Hall–Kier alpha value is -7.16. The van der Waals surface area contributed by atoms with Gasteiger partial charge < -0.3 is 9.13 Å². The van der Waals surface area contributed by atoms with Gasteiger partial charge in [-0.3, -0.25) is 0 Å². The maximum Gasteiger partial charge on any atom is 0.0541 e. The molecule has 0 bridgehead atoms. The van der Waals surface area contributed by atoms with Crippen LogP contribution in [0.2, 0.25) is 0 Å². The molecule has 2 aromatic heterocycles. The molecule has 262 valence electrons. The summed E-state index contributed by atoms with van der Waals surface area (Å²) in [5.41, 5.74) is 12.5. The van der Waals surface area contributed by atoms with E-state index in [4.69, 9.17) is 0 Å². The first-order valence-corrected chi connectivity index (χ1v) is 19.6. The average molecular weight is 713 g/mol. The fourth-order valence-electron chi connectivity index (χ4n) is 9.85. The molecule has 0 fully saturated rings. The Balaban J connectivity index is 0.999. The molecule has 10 aromatic rings. The summed E-state index contributed by atoms with van der Waals surface area (Å²) >= 11 is 0. The second-order valence-corrected chi connectivity index (χ2v) is 15.2. The Morgan fingerprint density at radius 2 is 0.857 bits per heavy atom. The molecule has 0 saturated heterocycles. The number of hydrogen-bond donors (Lipinski definition) is 0. The number of nitrogens with zero attached hydrogens (tertiary/aromatic N) is 2. The lowest BCUT2D eigenvalue weighted by molar-refractivity contribution is 0.743. The zero-order chi connectivity index (χ0) is 36.7. The van der Waals surface area contributed by atoms with Crippen LogP contribution in [0.5, 0.6) is 0 Å². The highest BCUT2D eigenvalue weighted by atomic mass is 15.0.